The lowest BCUT2D eigenvalue weighted by Gasteiger charge is -2.35. The summed E-state index contributed by atoms with van der Waals surface area (Å²) in [5.74, 6) is 0.577. The minimum absolute atomic E-state index is 0.148. The summed E-state index contributed by atoms with van der Waals surface area (Å²) in [6.45, 7) is 8.51. The molecule has 122 valence electrons. The molecule has 2 aliphatic rings. The molecule has 1 atom stereocenters. The summed E-state index contributed by atoms with van der Waals surface area (Å²) in [6.07, 6.45) is 8.94. The Labute approximate surface area is 129 Å². The highest BCUT2D eigenvalue weighted by molar-refractivity contribution is 5.68. The monoisotopic (exact) mass is 296 g/mol. The van der Waals surface area contributed by atoms with Gasteiger partial charge in [-0.15, -0.1) is 0 Å². The van der Waals surface area contributed by atoms with E-state index in [-0.39, 0.29) is 6.09 Å². The number of hydrogen-bond donors (Lipinski definition) is 1. The van der Waals surface area contributed by atoms with Gasteiger partial charge in [-0.3, -0.25) is 0 Å². The number of likely N-dealkylation sites (tertiary alicyclic amines) is 1. The van der Waals surface area contributed by atoms with Crippen molar-refractivity contribution >= 4 is 6.09 Å². The smallest absolute Gasteiger partial charge is 0.410 e. The summed E-state index contributed by atoms with van der Waals surface area (Å²) >= 11 is 0. The van der Waals surface area contributed by atoms with E-state index in [1.807, 2.05) is 25.7 Å². The Hall–Kier alpha value is -0.770. The van der Waals surface area contributed by atoms with Crippen LogP contribution in [0.2, 0.25) is 0 Å². The molecule has 2 fully saturated rings. The van der Waals surface area contributed by atoms with Gasteiger partial charge >= 0.3 is 6.09 Å². The van der Waals surface area contributed by atoms with Crippen LogP contribution in [0.5, 0.6) is 0 Å². The predicted octanol–water partition coefficient (Wildman–Crippen LogP) is 3.56. The van der Waals surface area contributed by atoms with Crippen LogP contribution < -0.4 is 5.32 Å². The maximum absolute atomic E-state index is 12.1. The molecular formula is C17H32N2O2. The van der Waals surface area contributed by atoms with E-state index in [9.17, 15) is 4.79 Å². The van der Waals surface area contributed by atoms with E-state index >= 15 is 0 Å². The fourth-order valence-electron chi connectivity index (χ4n) is 3.36. The van der Waals surface area contributed by atoms with Crippen LogP contribution in [0, 0.1) is 5.92 Å². The van der Waals surface area contributed by atoms with Crippen LogP contribution in [0.25, 0.3) is 0 Å². The third kappa shape index (κ3) is 5.85. The van der Waals surface area contributed by atoms with Crippen molar-refractivity contribution in [2.75, 3.05) is 19.6 Å². The van der Waals surface area contributed by atoms with Crippen LogP contribution in [0.3, 0.4) is 0 Å². The topological polar surface area (TPSA) is 41.6 Å². The molecule has 21 heavy (non-hydrogen) atoms. The summed E-state index contributed by atoms with van der Waals surface area (Å²) in [5, 5.41) is 3.72. The molecule has 1 aliphatic heterocycles. The highest BCUT2D eigenvalue weighted by Gasteiger charge is 2.27. The molecule has 0 aromatic carbocycles. The van der Waals surface area contributed by atoms with Gasteiger partial charge in [-0.1, -0.05) is 19.3 Å². The molecule has 1 amide bonds. The zero-order valence-corrected chi connectivity index (χ0v) is 14.0. The lowest BCUT2D eigenvalue weighted by molar-refractivity contribution is 0.0165. The predicted molar refractivity (Wildman–Crippen MR) is 85.4 cm³/mol. The Morgan fingerprint density at radius 3 is 2.52 bits per heavy atom. The number of hydrogen-bond acceptors (Lipinski definition) is 3. The quantitative estimate of drug-likeness (QED) is 0.866. The fraction of sp³-hybridized carbons (Fsp3) is 0.941. The van der Waals surface area contributed by atoms with Crippen LogP contribution in [0.15, 0.2) is 0 Å². The molecule has 0 bridgehead atoms. The number of rotatable bonds is 3. The van der Waals surface area contributed by atoms with Gasteiger partial charge < -0.3 is 15.0 Å². The molecule has 1 saturated carbocycles. The minimum Gasteiger partial charge on any atom is -0.444 e. The standard InChI is InChI=1S/C17H32N2O2/c1-17(2,3)21-16(20)19-11-7-8-14(13-19)12-18-15-9-5-4-6-10-15/h14-15,18H,4-13H2,1-3H3/t14-/m1/s1. The van der Waals surface area contributed by atoms with Crippen molar-refractivity contribution in [2.24, 2.45) is 5.92 Å². The lowest BCUT2D eigenvalue weighted by atomic mass is 9.93. The molecular weight excluding hydrogens is 264 g/mol. The van der Waals surface area contributed by atoms with Gasteiger partial charge in [0.25, 0.3) is 0 Å². The number of nitrogens with zero attached hydrogens (tertiary/aromatic N) is 1. The summed E-state index contributed by atoms with van der Waals surface area (Å²) in [6, 6.07) is 0.704. The molecule has 0 unspecified atom stereocenters. The summed E-state index contributed by atoms with van der Waals surface area (Å²) in [5.41, 5.74) is -0.398. The van der Waals surface area contributed by atoms with Crippen LogP contribution in [-0.4, -0.2) is 42.3 Å². The van der Waals surface area contributed by atoms with Crippen molar-refractivity contribution in [3.05, 3.63) is 0 Å². The maximum Gasteiger partial charge on any atom is 0.410 e. The normalized spacial score (nSPS) is 24.9. The first kappa shape index (κ1) is 16.6. The van der Waals surface area contributed by atoms with Crippen LogP contribution in [0.1, 0.15) is 65.7 Å². The van der Waals surface area contributed by atoms with Crippen molar-refractivity contribution in [2.45, 2.75) is 77.4 Å². The van der Waals surface area contributed by atoms with Crippen molar-refractivity contribution in [3.63, 3.8) is 0 Å². The second-order valence-electron chi connectivity index (χ2n) is 7.68. The summed E-state index contributed by atoms with van der Waals surface area (Å²) in [4.78, 5) is 14.0. The van der Waals surface area contributed by atoms with Crippen molar-refractivity contribution < 1.29 is 9.53 Å². The molecule has 1 heterocycles. The molecule has 1 N–H and O–H groups in total. The first-order valence-corrected chi connectivity index (χ1v) is 8.65. The second kappa shape index (κ2) is 7.48. The van der Waals surface area contributed by atoms with Crippen LogP contribution in [-0.2, 0) is 4.74 Å². The van der Waals surface area contributed by atoms with Gasteiger partial charge in [0.2, 0.25) is 0 Å². The van der Waals surface area contributed by atoms with Gasteiger partial charge in [0.1, 0.15) is 5.60 Å². The Balaban J connectivity index is 1.73. The minimum atomic E-state index is -0.398. The zero-order chi connectivity index (χ0) is 15.3. The highest BCUT2D eigenvalue weighted by Crippen LogP contribution is 2.21. The number of piperidine rings is 1. The zero-order valence-electron chi connectivity index (χ0n) is 14.0. The average Bonchev–Trinajstić information content (AvgIpc) is 2.45. The molecule has 1 aliphatic carbocycles. The van der Waals surface area contributed by atoms with E-state index in [2.05, 4.69) is 5.32 Å². The number of nitrogens with one attached hydrogen (secondary N) is 1. The Bertz CT molecular complexity index is 332. The molecule has 0 radical (unpaired) electrons. The average molecular weight is 296 g/mol. The number of carbonyl (C=O) groups excluding carboxylic acids is 1. The number of carbonyl (C=O) groups is 1. The molecule has 4 nitrogen and oxygen atoms in total. The van der Waals surface area contributed by atoms with Crippen LogP contribution >= 0.6 is 0 Å². The van der Waals surface area contributed by atoms with E-state index in [1.54, 1.807) is 0 Å². The van der Waals surface area contributed by atoms with Gasteiger partial charge in [0.15, 0.2) is 0 Å². The Morgan fingerprint density at radius 1 is 1.14 bits per heavy atom. The Kier molecular flexibility index (Phi) is 5.91. The summed E-state index contributed by atoms with van der Waals surface area (Å²) in [7, 11) is 0. The van der Waals surface area contributed by atoms with E-state index < -0.39 is 5.60 Å². The van der Waals surface area contributed by atoms with Crippen molar-refractivity contribution in [3.8, 4) is 0 Å². The highest BCUT2D eigenvalue weighted by atomic mass is 16.6. The van der Waals surface area contributed by atoms with Gasteiger partial charge in [-0.2, -0.15) is 0 Å². The van der Waals surface area contributed by atoms with Gasteiger partial charge in [-0.05, 0) is 58.9 Å². The van der Waals surface area contributed by atoms with E-state index in [0.717, 1.165) is 26.1 Å². The van der Waals surface area contributed by atoms with Gasteiger partial charge in [0, 0.05) is 19.1 Å². The van der Waals surface area contributed by atoms with Crippen LogP contribution in [0.4, 0.5) is 4.79 Å². The molecule has 1 saturated heterocycles. The van der Waals surface area contributed by atoms with E-state index in [4.69, 9.17) is 4.74 Å². The first-order valence-electron chi connectivity index (χ1n) is 8.65. The van der Waals surface area contributed by atoms with Gasteiger partial charge in [-0.25, -0.2) is 4.79 Å². The Morgan fingerprint density at radius 2 is 1.86 bits per heavy atom. The SMILES string of the molecule is CC(C)(C)OC(=O)N1CCC[C@H](CNC2CCCCC2)C1. The van der Waals surface area contributed by atoms with Gasteiger partial charge in [0.05, 0.1) is 0 Å². The molecule has 4 heteroatoms. The van der Waals surface area contributed by atoms with Crippen molar-refractivity contribution in [1.82, 2.24) is 10.2 Å². The third-order valence-electron chi connectivity index (χ3n) is 4.47. The molecule has 0 aromatic heterocycles. The second-order valence-corrected chi connectivity index (χ2v) is 7.68. The lowest BCUT2D eigenvalue weighted by Crippen LogP contribution is -2.46. The largest absolute Gasteiger partial charge is 0.444 e. The van der Waals surface area contributed by atoms with E-state index in [0.29, 0.717) is 12.0 Å². The van der Waals surface area contributed by atoms with Crippen molar-refractivity contribution in [1.29, 1.82) is 0 Å². The molecule has 0 aromatic rings. The maximum atomic E-state index is 12.1. The number of amides is 1. The number of ether oxygens (including phenoxy) is 1. The van der Waals surface area contributed by atoms with E-state index in [1.165, 1.54) is 38.5 Å². The fourth-order valence-corrected chi connectivity index (χ4v) is 3.36. The molecule has 2 rings (SSSR count). The summed E-state index contributed by atoms with van der Waals surface area (Å²) < 4.78 is 5.49. The first-order chi connectivity index (χ1) is 9.94. The third-order valence-corrected chi connectivity index (χ3v) is 4.47. The molecule has 0 spiro atoms.